The second kappa shape index (κ2) is 7.41. The van der Waals surface area contributed by atoms with Crippen LogP contribution >= 0.6 is 15.9 Å². The van der Waals surface area contributed by atoms with E-state index in [2.05, 4.69) is 21.2 Å². The highest BCUT2D eigenvalue weighted by atomic mass is 79.9. The Bertz CT molecular complexity index is 789. The van der Waals surface area contributed by atoms with E-state index in [0.717, 1.165) is 0 Å². The molecule has 1 aromatic carbocycles. The van der Waals surface area contributed by atoms with Gasteiger partial charge in [0.2, 0.25) is 5.43 Å². The molecule has 2 rings (SSSR count). The Hall–Kier alpha value is -2.15. The van der Waals surface area contributed by atoms with Crippen molar-refractivity contribution in [3.8, 4) is 5.75 Å². The van der Waals surface area contributed by atoms with E-state index in [9.17, 15) is 14.0 Å². The van der Waals surface area contributed by atoms with E-state index < -0.39 is 11.7 Å². The van der Waals surface area contributed by atoms with Crippen molar-refractivity contribution in [1.82, 2.24) is 4.57 Å². The topological polar surface area (TPSA) is 60.3 Å². The maximum Gasteiger partial charge on any atom is 0.262 e. The van der Waals surface area contributed by atoms with E-state index in [0.29, 0.717) is 16.6 Å². The van der Waals surface area contributed by atoms with Crippen molar-refractivity contribution in [3.63, 3.8) is 0 Å². The molecule has 0 radical (unpaired) electrons. The van der Waals surface area contributed by atoms with Gasteiger partial charge >= 0.3 is 0 Å². The number of nitrogens with zero attached hydrogens (tertiary/aromatic N) is 1. The Labute approximate surface area is 141 Å². The predicted molar refractivity (Wildman–Crippen MR) is 89.3 cm³/mol. The number of carbonyl (C=O) groups excluding carboxylic acids is 1. The van der Waals surface area contributed by atoms with Crippen LogP contribution in [0.1, 0.15) is 12.6 Å². The molecule has 0 saturated heterocycles. The largest absolute Gasteiger partial charge is 0.478 e. The number of halogens is 2. The van der Waals surface area contributed by atoms with E-state index in [1.54, 1.807) is 23.9 Å². The first-order chi connectivity index (χ1) is 10.9. The summed E-state index contributed by atoms with van der Waals surface area (Å²) in [6.07, 6.45) is 2.23. The number of aryl methyl sites for hydroxylation is 1. The van der Waals surface area contributed by atoms with E-state index in [4.69, 9.17) is 4.74 Å². The summed E-state index contributed by atoms with van der Waals surface area (Å²) in [5.41, 5.74) is 0.459. The Morgan fingerprint density at radius 1 is 1.39 bits per heavy atom. The summed E-state index contributed by atoms with van der Waals surface area (Å²) in [4.78, 5) is 23.8. The highest BCUT2D eigenvalue weighted by Crippen LogP contribution is 2.19. The summed E-state index contributed by atoms with van der Waals surface area (Å²) in [5.74, 6) is -0.958. The van der Waals surface area contributed by atoms with Gasteiger partial charge in [-0.2, -0.15) is 0 Å². The minimum Gasteiger partial charge on any atom is -0.478 e. The minimum absolute atomic E-state index is 0.0541. The summed E-state index contributed by atoms with van der Waals surface area (Å²) in [5, 5.41) is 2.41. The molecule has 0 aliphatic heterocycles. The molecule has 5 nitrogen and oxygen atoms in total. The van der Waals surface area contributed by atoms with Crippen LogP contribution in [0, 0.1) is 5.82 Å². The molecule has 0 aliphatic carbocycles. The third-order valence-corrected chi connectivity index (χ3v) is 3.74. The van der Waals surface area contributed by atoms with Gasteiger partial charge in [-0.3, -0.25) is 9.59 Å². The molecule has 0 saturated carbocycles. The third-order valence-electron chi connectivity index (χ3n) is 3.25. The smallest absolute Gasteiger partial charge is 0.262 e. The van der Waals surface area contributed by atoms with Crippen molar-refractivity contribution in [1.29, 1.82) is 0 Å². The average molecular weight is 383 g/mol. The molecule has 0 bridgehead atoms. The van der Waals surface area contributed by atoms with Crippen molar-refractivity contribution in [2.45, 2.75) is 13.3 Å². The normalized spacial score (nSPS) is 10.4. The van der Waals surface area contributed by atoms with Crippen molar-refractivity contribution in [2.75, 3.05) is 11.9 Å². The van der Waals surface area contributed by atoms with Crippen molar-refractivity contribution in [2.24, 2.45) is 7.05 Å². The lowest BCUT2D eigenvalue weighted by Crippen LogP contribution is -2.24. The van der Waals surface area contributed by atoms with Gasteiger partial charge in [0, 0.05) is 23.8 Å². The molecule has 1 N–H and O–H groups in total. The molecule has 2 aromatic rings. The summed E-state index contributed by atoms with van der Waals surface area (Å²) in [6, 6.07) is 5.68. The lowest BCUT2D eigenvalue weighted by atomic mass is 10.2. The number of pyridine rings is 1. The van der Waals surface area contributed by atoms with Gasteiger partial charge in [0.25, 0.3) is 5.91 Å². The Morgan fingerprint density at radius 2 is 2.13 bits per heavy atom. The maximum atomic E-state index is 13.7. The zero-order valence-corrected chi connectivity index (χ0v) is 14.3. The van der Waals surface area contributed by atoms with Crippen LogP contribution in [-0.4, -0.2) is 17.1 Å². The lowest BCUT2D eigenvalue weighted by molar-refractivity contribution is -0.118. The van der Waals surface area contributed by atoms with Gasteiger partial charge < -0.3 is 14.6 Å². The van der Waals surface area contributed by atoms with Gasteiger partial charge in [0.1, 0.15) is 5.82 Å². The second-order valence-corrected chi connectivity index (χ2v) is 5.80. The predicted octanol–water partition coefficient (Wildman–Crippen LogP) is 2.87. The SMILES string of the molecule is CCc1c(OCC(=O)Nc2ccc(Br)cc2F)c(=O)ccn1C. The zero-order chi connectivity index (χ0) is 17.0. The van der Waals surface area contributed by atoms with Crippen LogP contribution < -0.4 is 15.5 Å². The molecule has 0 spiro atoms. The van der Waals surface area contributed by atoms with Gasteiger partial charge in [-0.1, -0.05) is 22.9 Å². The molecule has 1 aromatic heterocycles. The first-order valence-electron chi connectivity index (χ1n) is 6.98. The molecule has 0 fully saturated rings. The lowest BCUT2D eigenvalue weighted by Gasteiger charge is -2.13. The van der Waals surface area contributed by atoms with Crippen LogP contribution in [0.2, 0.25) is 0 Å². The van der Waals surface area contributed by atoms with Gasteiger partial charge in [-0.25, -0.2) is 4.39 Å². The average Bonchev–Trinajstić information content (AvgIpc) is 2.50. The summed E-state index contributed by atoms with van der Waals surface area (Å²) in [6.45, 7) is 1.51. The number of ether oxygens (including phenoxy) is 1. The number of nitrogens with one attached hydrogen (secondary N) is 1. The molecule has 1 amide bonds. The number of benzene rings is 1. The highest BCUT2D eigenvalue weighted by molar-refractivity contribution is 9.10. The molecular weight excluding hydrogens is 367 g/mol. The standard InChI is InChI=1S/C16H16BrFN2O3/c1-3-13-16(14(21)6-7-20(13)2)23-9-15(22)19-12-5-4-10(17)8-11(12)18/h4-8H,3,9H2,1-2H3,(H,19,22). The summed E-state index contributed by atoms with van der Waals surface area (Å²) >= 11 is 3.14. The number of rotatable bonds is 5. The highest BCUT2D eigenvalue weighted by Gasteiger charge is 2.13. The Kier molecular flexibility index (Phi) is 5.54. The van der Waals surface area contributed by atoms with Crippen LogP contribution in [0.25, 0.3) is 0 Å². The summed E-state index contributed by atoms with van der Waals surface area (Å²) in [7, 11) is 1.79. The van der Waals surface area contributed by atoms with Crippen molar-refractivity contribution < 1.29 is 13.9 Å². The Morgan fingerprint density at radius 3 is 2.78 bits per heavy atom. The second-order valence-electron chi connectivity index (χ2n) is 4.88. The summed E-state index contributed by atoms with van der Waals surface area (Å²) < 4.78 is 21.4. The Balaban J connectivity index is 2.08. The number of anilines is 1. The molecule has 1 heterocycles. The molecule has 23 heavy (non-hydrogen) atoms. The number of aromatic nitrogens is 1. The molecule has 7 heteroatoms. The zero-order valence-electron chi connectivity index (χ0n) is 12.7. The quantitative estimate of drug-likeness (QED) is 0.864. The van der Waals surface area contributed by atoms with E-state index in [1.165, 1.54) is 18.2 Å². The van der Waals surface area contributed by atoms with Gasteiger partial charge in [-0.05, 0) is 24.6 Å². The van der Waals surface area contributed by atoms with Crippen LogP contribution in [0.15, 0.2) is 39.7 Å². The number of carbonyl (C=O) groups is 1. The fourth-order valence-electron chi connectivity index (χ4n) is 2.13. The van der Waals surface area contributed by atoms with Crippen molar-refractivity contribution >= 4 is 27.5 Å². The van der Waals surface area contributed by atoms with Gasteiger partial charge in [-0.15, -0.1) is 0 Å². The van der Waals surface area contributed by atoms with E-state index in [-0.39, 0.29) is 23.5 Å². The fraction of sp³-hybridized carbons (Fsp3) is 0.250. The van der Waals surface area contributed by atoms with Crippen LogP contribution in [0.5, 0.6) is 5.75 Å². The molecule has 0 unspecified atom stereocenters. The van der Waals surface area contributed by atoms with Crippen LogP contribution in [-0.2, 0) is 18.3 Å². The van der Waals surface area contributed by atoms with E-state index >= 15 is 0 Å². The van der Waals surface area contributed by atoms with Crippen LogP contribution in [0.4, 0.5) is 10.1 Å². The number of amides is 1. The molecular formula is C16H16BrFN2O3. The van der Waals surface area contributed by atoms with Crippen LogP contribution in [0.3, 0.4) is 0 Å². The molecule has 0 atom stereocenters. The number of hydrogen-bond donors (Lipinski definition) is 1. The first-order valence-corrected chi connectivity index (χ1v) is 7.78. The third kappa shape index (κ3) is 4.19. The molecule has 122 valence electrons. The van der Waals surface area contributed by atoms with Gasteiger partial charge in [0.05, 0.1) is 11.4 Å². The first kappa shape index (κ1) is 17.2. The number of hydrogen-bond acceptors (Lipinski definition) is 3. The van der Waals surface area contributed by atoms with Gasteiger partial charge in [0.15, 0.2) is 12.4 Å². The van der Waals surface area contributed by atoms with Crippen molar-refractivity contribution in [3.05, 3.63) is 56.7 Å². The minimum atomic E-state index is -0.558. The fourth-order valence-corrected chi connectivity index (χ4v) is 2.46. The molecule has 0 aliphatic rings. The monoisotopic (exact) mass is 382 g/mol. The van der Waals surface area contributed by atoms with E-state index in [1.807, 2.05) is 6.92 Å². The maximum absolute atomic E-state index is 13.7.